The highest BCUT2D eigenvalue weighted by Gasteiger charge is 2.46. The summed E-state index contributed by atoms with van der Waals surface area (Å²) in [6.45, 7) is 14.8. The fourth-order valence-electron chi connectivity index (χ4n) is 5.42. The van der Waals surface area contributed by atoms with Crippen molar-refractivity contribution in [2.75, 3.05) is 0 Å². The summed E-state index contributed by atoms with van der Waals surface area (Å²) in [5.41, 5.74) is 0. The van der Waals surface area contributed by atoms with Crippen LogP contribution in [0.1, 0.15) is 106 Å². The van der Waals surface area contributed by atoms with Crippen molar-refractivity contribution in [3.05, 3.63) is 0 Å². The summed E-state index contributed by atoms with van der Waals surface area (Å²) in [4.78, 5) is 0. The van der Waals surface area contributed by atoms with Crippen molar-refractivity contribution in [3.63, 3.8) is 0 Å². The van der Waals surface area contributed by atoms with Gasteiger partial charge in [0, 0.05) is 0 Å². The van der Waals surface area contributed by atoms with Crippen LogP contribution in [0.4, 0.5) is 0 Å². The molecule has 0 bridgehead atoms. The van der Waals surface area contributed by atoms with Crippen LogP contribution in [0, 0.1) is 11.8 Å². The minimum absolute atomic E-state index is 0.587. The first kappa shape index (κ1) is 19.1. The molecule has 1 rings (SSSR count). The molecule has 124 valence electrons. The van der Waals surface area contributed by atoms with Crippen LogP contribution in [-0.4, -0.2) is 7.28 Å². The Bertz CT molecular complexity index is 288. The summed E-state index contributed by atoms with van der Waals surface area (Å²) >= 11 is 0. The predicted octanol–water partition coefficient (Wildman–Crippen LogP) is 7.01. The number of rotatable bonds is 8. The summed E-state index contributed by atoms with van der Waals surface area (Å²) in [6, 6.07) is 0. The Hall–Kier alpha value is 0.0649. The Morgan fingerprint density at radius 3 is 2.10 bits per heavy atom. The highest BCUT2D eigenvalue weighted by molar-refractivity contribution is 6.44. The molecule has 4 unspecified atom stereocenters. The van der Waals surface area contributed by atoms with Crippen molar-refractivity contribution in [2.45, 2.75) is 116 Å². The molecule has 1 aliphatic rings. The lowest BCUT2D eigenvalue weighted by Gasteiger charge is -2.46. The molecule has 0 aromatic rings. The lowest BCUT2D eigenvalue weighted by atomic mass is 9.32. The van der Waals surface area contributed by atoms with E-state index in [-0.39, 0.29) is 0 Å². The molecule has 0 aromatic carbocycles. The van der Waals surface area contributed by atoms with Crippen LogP contribution < -0.4 is 0 Å². The Morgan fingerprint density at radius 1 is 0.952 bits per heavy atom. The van der Waals surface area contributed by atoms with Crippen molar-refractivity contribution in [3.8, 4) is 0 Å². The SMILES string of the molecule is CCCC(C)C1(C)BC(CC)(C(CC)CCC)CCCC1. The van der Waals surface area contributed by atoms with E-state index in [9.17, 15) is 0 Å². The second-order valence-corrected chi connectivity index (χ2v) is 8.34. The van der Waals surface area contributed by atoms with E-state index >= 15 is 0 Å². The molecular formula is C20H41B. The minimum Gasteiger partial charge on any atom is -0.0663 e. The van der Waals surface area contributed by atoms with Crippen LogP contribution in [0.2, 0.25) is 10.6 Å². The van der Waals surface area contributed by atoms with Crippen LogP contribution in [0.3, 0.4) is 0 Å². The van der Waals surface area contributed by atoms with Gasteiger partial charge in [-0.3, -0.25) is 0 Å². The molecular weight excluding hydrogens is 251 g/mol. The summed E-state index contributed by atoms with van der Waals surface area (Å²) in [7, 11) is 1.50. The van der Waals surface area contributed by atoms with Crippen LogP contribution in [-0.2, 0) is 0 Å². The van der Waals surface area contributed by atoms with Gasteiger partial charge in [-0.05, 0) is 11.8 Å². The first-order valence-electron chi connectivity index (χ1n) is 9.98. The lowest BCUT2D eigenvalue weighted by molar-refractivity contribution is 0.282. The number of hydrogen-bond donors (Lipinski definition) is 0. The normalized spacial score (nSPS) is 33.0. The molecule has 0 aromatic heterocycles. The molecule has 1 saturated heterocycles. The topological polar surface area (TPSA) is 0 Å². The molecule has 21 heavy (non-hydrogen) atoms. The van der Waals surface area contributed by atoms with Crippen molar-refractivity contribution in [1.29, 1.82) is 0 Å². The van der Waals surface area contributed by atoms with E-state index in [4.69, 9.17) is 0 Å². The van der Waals surface area contributed by atoms with Gasteiger partial charge in [-0.1, -0.05) is 116 Å². The zero-order valence-electron chi connectivity index (χ0n) is 15.9. The molecule has 1 aliphatic heterocycles. The second-order valence-electron chi connectivity index (χ2n) is 8.34. The Labute approximate surface area is 136 Å². The fraction of sp³-hybridized carbons (Fsp3) is 1.00. The van der Waals surface area contributed by atoms with Crippen molar-refractivity contribution < 1.29 is 0 Å². The van der Waals surface area contributed by atoms with Crippen LogP contribution in [0.15, 0.2) is 0 Å². The summed E-state index contributed by atoms with van der Waals surface area (Å²) in [5.74, 6) is 1.85. The molecule has 0 saturated carbocycles. The highest BCUT2D eigenvalue weighted by Crippen LogP contribution is 2.58. The third-order valence-electron chi connectivity index (χ3n) is 7.04. The standard InChI is InChI=1S/C20H41B/c1-7-13-17(5)19(6)15-11-12-16-20(10-4,21-19)18(9-3)14-8-2/h17-18,21H,7-16H2,1-6H3. The van der Waals surface area contributed by atoms with Gasteiger partial charge in [-0.2, -0.15) is 0 Å². The first-order chi connectivity index (χ1) is 9.98. The summed E-state index contributed by atoms with van der Waals surface area (Å²) in [6.07, 6.45) is 14.3. The third kappa shape index (κ3) is 4.52. The Balaban J connectivity index is 3.01. The number of hydrogen-bond acceptors (Lipinski definition) is 0. The maximum atomic E-state index is 2.63. The van der Waals surface area contributed by atoms with E-state index in [1.54, 1.807) is 0 Å². The van der Waals surface area contributed by atoms with E-state index in [2.05, 4.69) is 41.5 Å². The van der Waals surface area contributed by atoms with E-state index in [1.807, 2.05) is 0 Å². The largest absolute Gasteiger partial charge is 0.135 e. The average molecular weight is 292 g/mol. The Morgan fingerprint density at radius 2 is 1.57 bits per heavy atom. The minimum atomic E-state index is 0.587. The third-order valence-corrected chi connectivity index (χ3v) is 7.04. The molecule has 0 nitrogen and oxygen atoms in total. The van der Waals surface area contributed by atoms with Gasteiger partial charge in [0.2, 0.25) is 0 Å². The van der Waals surface area contributed by atoms with Crippen molar-refractivity contribution in [1.82, 2.24) is 0 Å². The van der Waals surface area contributed by atoms with Gasteiger partial charge in [-0.15, -0.1) is 0 Å². The van der Waals surface area contributed by atoms with Gasteiger partial charge in [0.25, 0.3) is 0 Å². The molecule has 0 radical (unpaired) electrons. The van der Waals surface area contributed by atoms with Gasteiger partial charge in [0.1, 0.15) is 7.28 Å². The van der Waals surface area contributed by atoms with Crippen LogP contribution in [0.25, 0.3) is 0 Å². The molecule has 4 atom stereocenters. The van der Waals surface area contributed by atoms with Crippen LogP contribution >= 0.6 is 0 Å². The lowest BCUT2D eigenvalue weighted by Crippen LogP contribution is -2.37. The molecule has 1 heterocycles. The van der Waals surface area contributed by atoms with E-state index in [0.29, 0.717) is 10.6 Å². The maximum absolute atomic E-state index is 2.63. The van der Waals surface area contributed by atoms with Crippen LogP contribution in [0.5, 0.6) is 0 Å². The first-order valence-corrected chi connectivity index (χ1v) is 9.98. The van der Waals surface area contributed by atoms with Gasteiger partial charge < -0.3 is 0 Å². The van der Waals surface area contributed by atoms with Gasteiger partial charge in [-0.25, -0.2) is 0 Å². The molecule has 0 aliphatic carbocycles. The quantitative estimate of drug-likeness (QED) is 0.422. The van der Waals surface area contributed by atoms with Gasteiger partial charge >= 0.3 is 0 Å². The zero-order chi connectivity index (χ0) is 15.9. The zero-order valence-corrected chi connectivity index (χ0v) is 15.9. The summed E-state index contributed by atoms with van der Waals surface area (Å²) in [5, 5.41) is 1.22. The van der Waals surface area contributed by atoms with E-state index < -0.39 is 0 Å². The highest BCUT2D eigenvalue weighted by atomic mass is 14.4. The van der Waals surface area contributed by atoms with Gasteiger partial charge in [0.15, 0.2) is 0 Å². The smallest absolute Gasteiger partial charge is 0.0663 e. The fourth-order valence-corrected chi connectivity index (χ4v) is 5.42. The molecule has 0 amide bonds. The van der Waals surface area contributed by atoms with Crippen molar-refractivity contribution >= 4 is 7.28 Å². The average Bonchev–Trinajstić information content (AvgIpc) is 2.66. The van der Waals surface area contributed by atoms with Crippen molar-refractivity contribution in [2.24, 2.45) is 11.8 Å². The molecule has 1 heteroatoms. The van der Waals surface area contributed by atoms with E-state index in [0.717, 1.165) is 11.8 Å². The Kier molecular flexibility index (Phi) is 7.86. The van der Waals surface area contributed by atoms with Gasteiger partial charge in [0.05, 0.1) is 0 Å². The predicted molar refractivity (Wildman–Crippen MR) is 99.7 cm³/mol. The molecule has 1 fully saturated rings. The summed E-state index contributed by atoms with van der Waals surface area (Å²) < 4.78 is 0. The molecule has 0 N–H and O–H groups in total. The molecule has 0 spiro atoms. The second kappa shape index (κ2) is 8.63. The maximum Gasteiger partial charge on any atom is 0.135 e. The van der Waals surface area contributed by atoms with E-state index in [1.165, 1.54) is 71.5 Å². The monoisotopic (exact) mass is 292 g/mol.